The highest BCUT2D eigenvalue weighted by atomic mass is 16.1. The molecule has 0 fully saturated rings. The highest BCUT2D eigenvalue weighted by Crippen LogP contribution is 2.15. The summed E-state index contributed by atoms with van der Waals surface area (Å²) in [6, 6.07) is 7.35. The monoisotopic (exact) mass is 174 g/mol. The molecule has 0 aliphatic heterocycles. The van der Waals surface area contributed by atoms with Gasteiger partial charge in [0.1, 0.15) is 6.07 Å². The van der Waals surface area contributed by atoms with Crippen molar-refractivity contribution in [2.75, 3.05) is 5.32 Å². The van der Waals surface area contributed by atoms with Gasteiger partial charge in [-0.2, -0.15) is 5.26 Å². The normalized spacial score (nSPS) is 9.00. The van der Waals surface area contributed by atoms with Crippen molar-refractivity contribution >= 4 is 11.6 Å². The van der Waals surface area contributed by atoms with Crippen LogP contribution in [0.2, 0.25) is 0 Å². The highest BCUT2D eigenvalue weighted by Gasteiger charge is 2.02. The zero-order valence-corrected chi connectivity index (χ0v) is 7.59. The fourth-order valence-corrected chi connectivity index (χ4v) is 1.05. The van der Waals surface area contributed by atoms with Crippen molar-refractivity contribution in [2.24, 2.45) is 0 Å². The van der Waals surface area contributed by atoms with Gasteiger partial charge in [-0.3, -0.25) is 4.79 Å². The van der Waals surface area contributed by atoms with Crippen molar-refractivity contribution in [2.45, 2.75) is 13.8 Å². The van der Waals surface area contributed by atoms with E-state index in [0.29, 0.717) is 11.3 Å². The van der Waals surface area contributed by atoms with Crippen molar-refractivity contribution in [1.29, 1.82) is 5.26 Å². The van der Waals surface area contributed by atoms with Crippen molar-refractivity contribution in [3.05, 3.63) is 29.3 Å². The van der Waals surface area contributed by atoms with Gasteiger partial charge in [0.2, 0.25) is 5.91 Å². The van der Waals surface area contributed by atoms with Gasteiger partial charge in [0, 0.05) is 6.92 Å². The van der Waals surface area contributed by atoms with Crippen LogP contribution in [-0.4, -0.2) is 5.91 Å². The first kappa shape index (κ1) is 9.27. The number of nitriles is 1. The van der Waals surface area contributed by atoms with Gasteiger partial charge in [-0.25, -0.2) is 0 Å². The molecule has 0 radical (unpaired) electrons. The lowest BCUT2D eigenvalue weighted by molar-refractivity contribution is -0.114. The number of hydrogen-bond donors (Lipinski definition) is 1. The van der Waals surface area contributed by atoms with Crippen LogP contribution in [0.1, 0.15) is 18.1 Å². The van der Waals surface area contributed by atoms with E-state index in [-0.39, 0.29) is 5.91 Å². The summed E-state index contributed by atoms with van der Waals surface area (Å²) in [6.07, 6.45) is 0. The molecule has 66 valence electrons. The molecule has 0 aromatic heterocycles. The lowest BCUT2D eigenvalue weighted by atomic mass is 10.1. The number of amides is 1. The molecule has 0 bridgehead atoms. The summed E-state index contributed by atoms with van der Waals surface area (Å²) >= 11 is 0. The van der Waals surface area contributed by atoms with E-state index < -0.39 is 0 Å². The molecule has 1 aromatic carbocycles. The molecule has 0 spiro atoms. The number of hydrogen-bond acceptors (Lipinski definition) is 2. The molecule has 0 aliphatic carbocycles. The zero-order chi connectivity index (χ0) is 9.84. The fourth-order valence-electron chi connectivity index (χ4n) is 1.05. The number of nitrogens with one attached hydrogen (secondary N) is 1. The van der Waals surface area contributed by atoms with Crippen LogP contribution in [0.3, 0.4) is 0 Å². The molecule has 0 heterocycles. The van der Waals surface area contributed by atoms with Crippen molar-refractivity contribution in [3.63, 3.8) is 0 Å². The van der Waals surface area contributed by atoms with Gasteiger partial charge < -0.3 is 5.32 Å². The average Bonchev–Trinajstić information content (AvgIpc) is 2.07. The van der Waals surface area contributed by atoms with Crippen LogP contribution in [0, 0.1) is 18.3 Å². The Hall–Kier alpha value is -1.82. The van der Waals surface area contributed by atoms with Crippen LogP contribution < -0.4 is 5.32 Å². The third kappa shape index (κ3) is 2.31. The number of anilines is 1. The van der Waals surface area contributed by atoms with E-state index in [2.05, 4.69) is 5.32 Å². The Morgan fingerprint density at radius 1 is 1.54 bits per heavy atom. The van der Waals surface area contributed by atoms with Gasteiger partial charge in [0.15, 0.2) is 0 Å². The minimum Gasteiger partial charge on any atom is -0.325 e. The standard InChI is InChI=1S/C10H10N2O/c1-7-3-4-10(12-8(2)13)9(5-7)6-11/h3-5H,1-2H3,(H,12,13). The molecule has 0 atom stereocenters. The first-order valence-electron chi connectivity index (χ1n) is 3.92. The van der Waals surface area contributed by atoms with Gasteiger partial charge in [0.25, 0.3) is 0 Å². The van der Waals surface area contributed by atoms with Crippen LogP contribution in [0.5, 0.6) is 0 Å². The third-order valence-electron chi connectivity index (χ3n) is 1.61. The highest BCUT2D eigenvalue weighted by molar-refractivity contribution is 5.90. The van der Waals surface area contributed by atoms with Crippen LogP contribution in [0.25, 0.3) is 0 Å². The number of carbonyl (C=O) groups excluding carboxylic acids is 1. The number of benzene rings is 1. The van der Waals surface area contributed by atoms with E-state index in [9.17, 15) is 4.79 Å². The molecule has 1 rings (SSSR count). The number of carbonyl (C=O) groups is 1. The molecule has 0 saturated carbocycles. The lowest BCUT2D eigenvalue weighted by Crippen LogP contribution is -2.07. The van der Waals surface area contributed by atoms with Gasteiger partial charge >= 0.3 is 0 Å². The maximum atomic E-state index is 10.7. The summed E-state index contributed by atoms with van der Waals surface area (Å²) < 4.78 is 0. The number of rotatable bonds is 1. The average molecular weight is 174 g/mol. The molecule has 0 saturated heterocycles. The summed E-state index contributed by atoms with van der Waals surface area (Å²) in [7, 11) is 0. The maximum Gasteiger partial charge on any atom is 0.221 e. The van der Waals surface area contributed by atoms with Crippen molar-refractivity contribution < 1.29 is 4.79 Å². The van der Waals surface area contributed by atoms with Gasteiger partial charge in [0.05, 0.1) is 11.3 Å². The number of aryl methyl sites for hydroxylation is 1. The Kier molecular flexibility index (Phi) is 2.65. The first-order valence-corrected chi connectivity index (χ1v) is 3.92. The summed E-state index contributed by atoms with van der Waals surface area (Å²) in [5.41, 5.74) is 2.07. The summed E-state index contributed by atoms with van der Waals surface area (Å²) in [5.74, 6) is -0.166. The van der Waals surface area contributed by atoms with Crippen molar-refractivity contribution in [1.82, 2.24) is 0 Å². The van der Waals surface area contributed by atoms with Crippen LogP contribution in [0.15, 0.2) is 18.2 Å². The summed E-state index contributed by atoms with van der Waals surface area (Å²) in [5, 5.41) is 11.3. The van der Waals surface area contributed by atoms with E-state index >= 15 is 0 Å². The second-order valence-electron chi connectivity index (χ2n) is 2.84. The molecule has 0 aliphatic rings. The number of nitrogens with zero attached hydrogens (tertiary/aromatic N) is 1. The van der Waals surface area contributed by atoms with E-state index in [1.807, 2.05) is 19.1 Å². The predicted octanol–water partition coefficient (Wildman–Crippen LogP) is 1.83. The van der Waals surface area contributed by atoms with E-state index in [0.717, 1.165) is 5.56 Å². The maximum absolute atomic E-state index is 10.7. The molecule has 0 unspecified atom stereocenters. The molecule has 13 heavy (non-hydrogen) atoms. The minimum atomic E-state index is -0.166. The quantitative estimate of drug-likeness (QED) is 0.706. The Morgan fingerprint density at radius 3 is 2.77 bits per heavy atom. The van der Waals surface area contributed by atoms with E-state index in [1.165, 1.54) is 6.92 Å². The Morgan fingerprint density at radius 2 is 2.23 bits per heavy atom. The molecular weight excluding hydrogens is 164 g/mol. The molecular formula is C10H10N2O. The fraction of sp³-hybridized carbons (Fsp3) is 0.200. The largest absolute Gasteiger partial charge is 0.325 e. The van der Waals surface area contributed by atoms with Crippen molar-refractivity contribution in [3.8, 4) is 6.07 Å². The Labute approximate surface area is 77.0 Å². The Bertz CT molecular complexity index is 377. The predicted molar refractivity (Wildman–Crippen MR) is 50.2 cm³/mol. The second-order valence-corrected chi connectivity index (χ2v) is 2.84. The van der Waals surface area contributed by atoms with E-state index in [4.69, 9.17) is 5.26 Å². The van der Waals surface area contributed by atoms with Crippen LogP contribution in [-0.2, 0) is 4.79 Å². The minimum absolute atomic E-state index is 0.166. The summed E-state index contributed by atoms with van der Waals surface area (Å²) in [4.78, 5) is 10.7. The van der Waals surface area contributed by atoms with Crippen LogP contribution in [0.4, 0.5) is 5.69 Å². The SMILES string of the molecule is CC(=O)Nc1ccc(C)cc1C#N. The topological polar surface area (TPSA) is 52.9 Å². The van der Waals surface area contributed by atoms with Gasteiger partial charge in [-0.15, -0.1) is 0 Å². The Balaban J connectivity index is 3.08. The molecule has 1 amide bonds. The van der Waals surface area contributed by atoms with E-state index in [1.54, 1.807) is 12.1 Å². The summed E-state index contributed by atoms with van der Waals surface area (Å²) in [6.45, 7) is 3.32. The lowest BCUT2D eigenvalue weighted by Gasteiger charge is -2.04. The molecule has 1 aromatic rings. The van der Waals surface area contributed by atoms with Crippen LogP contribution >= 0.6 is 0 Å². The molecule has 3 nitrogen and oxygen atoms in total. The third-order valence-corrected chi connectivity index (χ3v) is 1.61. The smallest absolute Gasteiger partial charge is 0.221 e. The second kappa shape index (κ2) is 3.72. The first-order chi connectivity index (χ1) is 6.13. The zero-order valence-electron chi connectivity index (χ0n) is 7.59. The van der Waals surface area contributed by atoms with Gasteiger partial charge in [-0.1, -0.05) is 6.07 Å². The molecule has 1 N–H and O–H groups in total. The van der Waals surface area contributed by atoms with Gasteiger partial charge in [-0.05, 0) is 24.6 Å². The molecule has 3 heteroatoms.